The molecule has 3 nitrogen and oxygen atoms in total. The molecular formula is C11H19N3S. The lowest BCUT2D eigenvalue weighted by Crippen LogP contribution is -2.02. The molecule has 0 aliphatic carbocycles. The van der Waals surface area contributed by atoms with Gasteiger partial charge in [0.1, 0.15) is 16.7 Å². The maximum atomic E-state index is 4.40. The van der Waals surface area contributed by atoms with Crippen LogP contribution in [0.15, 0.2) is 11.1 Å². The zero-order valence-corrected chi connectivity index (χ0v) is 10.7. The van der Waals surface area contributed by atoms with E-state index in [1.165, 1.54) is 0 Å². The molecule has 84 valence electrons. The SMILES string of the molecule is CCNc1cc(SCC(C)C)nc(C)n1. The van der Waals surface area contributed by atoms with E-state index in [4.69, 9.17) is 0 Å². The van der Waals surface area contributed by atoms with Gasteiger partial charge in [-0.3, -0.25) is 0 Å². The number of nitrogens with zero attached hydrogens (tertiary/aromatic N) is 2. The molecular weight excluding hydrogens is 206 g/mol. The van der Waals surface area contributed by atoms with Gasteiger partial charge in [-0.2, -0.15) is 0 Å². The van der Waals surface area contributed by atoms with Crippen molar-refractivity contribution in [3.8, 4) is 0 Å². The quantitative estimate of drug-likeness (QED) is 0.617. The number of hydrogen-bond donors (Lipinski definition) is 1. The first-order valence-electron chi connectivity index (χ1n) is 5.34. The van der Waals surface area contributed by atoms with Gasteiger partial charge in [-0.05, 0) is 19.8 Å². The van der Waals surface area contributed by atoms with Crippen molar-refractivity contribution in [3.63, 3.8) is 0 Å². The summed E-state index contributed by atoms with van der Waals surface area (Å²) in [5.74, 6) is 3.55. The third-order valence-electron chi connectivity index (χ3n) is 1.74. The van der Waals surface area contributed by atoms with Crippen LogP contribution < -0.4 is 5.32 Å². The maximum absolute atomic E-state index is 4.40. The molecule has 15 heavy (non-hydrogen) atoms. The van der Waals surface area contributed by atoms with Crippen LogP contribution in [0.3, 0.4) is 0 Å². The molecule has 1 N–H and O–H groups in total. The molecule has 1 aromatic heterocycles. The van der Waals surface area contributed by atoms with Gasteiger partial charge < -0.3 is 5.32 Å². The first kappa shape index (κ1) is 12.3. The van der Waals surface area contributed by atoms with Gasteiger partial charge in [0.2, 0.25) is 0 Å². The molecule has 0 unspecified atom stereocenters. The average molecular weight is 225 g/mol. The summed E-state index contributed by atoms with van der Waals surface area (Å²) in [7, 11) is 0. The number of rotatable bonds is 5. The molecule has 0 saturated heterocycles. The number of aryl methyl sites for hydroxylation is 1. The van der Waals surface area contributed by atoms with Gasteiger partial charge in [0, 0.05) is 18.4 Å². The topological polar surface area (TPSA) is 37.8 Å². The lowest BCUT2D eigenvalue weighted by atomic mass is 10.3. The first-order chi connectivity index (χ1) is 7.11. The number of nitrogens with one attached hydrogen (secondary N) is 1. The van der Waals surface area contributed by atoms with E-state index in [0.717, 1.165) is 29.0 Å². The van der Waals surface area contributed by atoms with Crippen LogP contribution in [0, 0.1) is 12.8 Å². The monoisotopic (exact) mass is 225 g/mol. The van der Waals surface area contributed by atoms with Crippen molar-refractivity contribution in [1.29, 1.82) is 0 Å². The third-order valence-corrected chi connectivity index (χ3v) is 3.08. The standard InChI is InChI=1S/C11H19N3S/c1-5-12-10-6-11(14-9(4)13-10)15-7-8(2)3/h6,8H,5,7H2,1-4H3,(H,12,13,14). The Morgan fingerprint density at radius 3 is 2.73 bits per heavy atom. The Morgan fingerprint density at radius 2 is 2.13 bits per heavy atom. The summed E-state index contributed by atoms with van der Waals surface area (Å²) in [5, 5.41) is 4.27. The first-order valence-corrected chi connectivity index (χ1v) is 6.32. The second-order valence-corrected chi connectivity index (χ2v) is 4.91. The van der Waals surface area contributed by atoms with Crippen LogP contribution in [0.1, 0.15) is 26.6 Å². The van der Waals surface area contributed by atoms with E-state index in [-0.39, 0.29) is 0 Å². The fourth-order valence-electron chi connectivity index (χ4n) is 1.14. The zero-order chi connectivity index (χ0) is 11.3. The Bertz CT molecular complexity index is 313. The molecule has 0 fully saturated rings. The zero-order valence-electron chi connectivity index (χ0n) is 9.87. The maximum Gasteiger partial charge on any atom is 0.130 e. The van der Waals surface area contributed by atoms with E-state index in [9.17, 15) is 0 Å². The van der Waals surface area contributed by atoms with E-state index < -0.39 is 0 Å². The fourth-order valence-corrected chi connectivity index (χ4v) is 2.03. The van der Waals surface area contributed by atoms with Crippen LogP contribution in [0.25, 0.3) is 0 Å². The highest BCUT2D eigenvalue weighted by molar-refractivity contribution is 7.99. The molecule has 4 heteroatoms. The van der Waals surface area contributed by atoms with Crippen LogP contribution in [-0.4, -0.2) is 22.3 Å². The molecule has 1 aromatic rings. The molecule has 0 atom stereocenters. The van der Waals surface area contributed by atoms with Crippen molar-refractivity contribution in [2.24, 2.45) is 5.92 Å². The van der Waals surface area contributed by atoms with Crippen molar-refractivity contribution >= 4 is 17.6 Å². The Balaban J connectivity index is 2.70. The van der Waals surface area contributed by atoms with E-state index in [1.807, 2.05) is 13.0 Å². The molecule has 0 spiro atoms. The minimum Gasteiger partial charge on any atom is -0.370 e. The Morgan fingerprint density at radius 1 is 1.40 bits per heavy atom. The highest BCUT2D eigenvalue weighted by atomic mass is 32.2. The van der Waals surface area contributed by atoms with Gasteiger partial charge in [-0.25, -0.2) is 9.97 Å². The van der Waals surface area contributed by atoms with Crippen LogP contribution >= 0.6 is 11.8 Å². The van der Waals surface area contributed by atoms with Gasteiger partial charge in [0.25, 0.3) is 0 Å². The Kier molecular flexibility index (Phi) is 4.88. The van der Waals surface area contributed by atoms with Crippen molar-refractivity contribution < 1.29 is 0 Å². The minimum absolute atomic E-state index is 0.688. The summed E-state index contributed by atoms with van der Waals surface area (Å²) >= 11 is 1.79. The molecule has 1 heterocycles. The summed E-state index contributed by atoms with van der Waals surface area (Å²) in [4.78, 5) is 8.72. The largest absolute Gasteiger partial charge is 0.370 e. The summed E-state index contributed by atoms with van der Waals surface area (Å²) in [6, 6.07) is 2.02. The minimum atomic E-state index is 0.688. The lowest BCUT2D eigenvalue weighted by Gasteiger charge is -2.07. The van der Waals surface area contributed by atoms with Gasteiger partial charge in [0.15, 0.2) is 0 Å². The van der Waals surface area contributed by atoms with Crippen molar-refractivity contribution in [3.05, 3.63) is 11.9 Å². The average Bonchev–Trinajstić information content (AvgIpc) is 2.14. The molecule has 0 aliphatic heterocycles. The van der Waals surface area contributed by atoms with E-state index in [2.05, 4.69) is 36.1 Å². The van der Waals surface area contributed by atoms with Crippen molar-refractivity contribution in [1.82, 2.24) is 9.97 Å². The fraction of sp³-hybridized carbons (Fsp3) is 0.636. The summed E-state index contributed by atoms with van der Waals surface area (Å²) in [5.41, 5.74) is 0. The predicted octanol–water partition coefficient (Wildman–Crippen LogP) is 2.96. The highest BCUT2D eigenvalue weighted by Gasteiger charge is 2.03. The molecule has 0 bridgehead atoms. The van der Waals surface area contributed by atoms with Crippen LogP contribution in [0.2, 0.25) is 0 Å². The van der Waals surface area contributed by atoms with Crippen LogP contribution in [0.4, 0.5) is 5.82 Å². The van der Waals surface area contributed by atoms with Crippen LogP contribution in [0.5, 0.6) is 0 Å². The predicted molar refractivity (Wildman–Crippen MR) is 66.5 cm³/mol. The highest BCUT2D eigenvalue weighted by Crippen LogP contribution is 2.20. The summed E-state index contributed by atoms with van der Waals surface area (Å²) in [6.07, 6.45) is 0. The Hall–Kier alpha value is -0.770. The van der Waals surface area contributed by atoms with E-state index in [1.54, 1.807) is 11.8 Å². The van der Waals surface area contributed by atoms with E-state index >= 15 is 0 Å². The molecule has 0 saturated carbocycles. The summed E-state index contributed by atoms with van der Waals surface area (Å²) in [6.45, 7) is 9.32. The van der Waals surface area contributed by atoms with Crippen molar-refractivity contribution in [2.45, 2.75) is 32.7 Å². The Labute approximate surface area is 96.1 Å². The van der Waals surface area contributed by atoms with Gasteiger partial charge in [0.05, 0.1) is 0 Å². The van der Waals surface area contributed by atoms with Gasteiger partial charge >= 0.3 is 0 Å². The lowest BCUT2D eigenvalue weighted by molar-refractivity contribution is 0.749. The van der Waals surface area contributed by atoms with E-state index in [0.29, 0.717) is 5.92 Å². The van der Waals surface area contributed by atoms with Gasteiger partial charge in [-0.15, -0.1) is 11.8 Å². The van der Waals surface area contributed by atoms with Crippen LogP contribution in [-0.2, 0) is 0 Å². The molecule has 0 aliphatic rings. The molecule has 0 radical (unpaired) electrons. The number of anilines is 1. The second-order valence-electron chi connectivity index (χ2n) is 3.87. The number of thioether (sulfide) groups is 1. The van der Waals surface area contributed by atoms with Gasteiger partial charge in [-0.1, -0.05) is 13.8 Å². The summed E-state index contributed by atoms with van der Waals surface area (Å²) < 4.78 is 0. The van der Waals surface area contributed by atoms with Crippen molar-refractivity contribution in [2.75, 3.05) is 17.6 Å². The molecule has 0 amide bonds. The molecule has 0 aromatic carbocycles. The smallest absolute Gasteiger partial charge is 0.130 e. The third kappa shape index (κ3) is 4.51. The normalized spacial score (nSPS) is 10.7. The second kappa shape index (κ2) is 5.95. The number of aromatic nitrogens is 2. The number of hydrogen-bond acceptors (Lipinski definition) is 4. The molecule has 1 rings (SSSR count).